The minimum atomic E-state index is 0.0817. The van der Waals surface area contributed by atoms with Crippen LogP contribution in [0.2, 0.25) is 0 Å². The molecule has 1 amide bonds. The Bertz CT molecular complexity index is 788. The zero-order valence-electron chi connectivity index (χ0n) is 16.8. The van der Waals surface area contributed by atoms with Crippen LogP contribution in [-0.2, 0) is 4.79 Å². The summed E-state index contributed by atoms with van der Waals surface area (Å²) in [4.78, 5) is 13.3. The van der Waals surface area contributed by atoms with E-state index in [0.717, 1.165) is 47.1 Å². The smallest absolute Gasteiger partial charge is 0.230 e. The second-order valence-electron chi connectivity index (χ2n) is 8.22. The molecule has 2 saturated carbocycles. The van der Waals surface area contributed by atoms with Crippen LogP contribution < -0.4 is 5.32 Å². The van der Waals surface area contributed by atoms with Crippen LogP contribution in [0.1, 0.15) is 58.4 Å². The van der Waals surface area contributed by atoms with Crippen molar-refractivity contribution in [2.24, 2.45) is 17.8 Å². The van der Waals surface area contributed by atoms with E-state index in [4.69, 9.17) is 0 Å². The molecule has 1 N–H and O–H groups in total. The van der Waals surface area contributed by atoms with E-state index in [1.807, 2.05) is 0 Å². The van der Waals surface area contributed by atoms with Gasteiger partial charge >= 0.3 is 0 Å². The van der Waals surface area contributed by atoms with Crippen molar-refractivity contribution in [2.45, 2.75) is 63.6 Å². The van der Waals surface area contributed by atoms with Crippen LogP contribution in [0.4, 0.5) is 0 Å². The predicted octanol–water partition coefficient (Wildman–Crippen LogP) is 5.01. The molecule has 2 aromatic rings. The largest absolute Gasteiger partial charge is 0.355 e. The topological polar surface area (TPSA) is 59.8 Å². The molecule has 0 saturated heterocycles. The van der Waals surface area contributed by atoms with Crippen molar-refractivity contribution in [1.82, 2.24) is 20.1 Å². The molecule has 152 valence electrons. The van der Waals surface area contributed by atoms with Crippen LogP contribution in [0.25, 0.3) is 10.7 Å². The second-order valence-corrected chi connectivity index (χ2v) is 10.1. The zero-order valence-corrected chi connectivity index (χ0v) is 18.4. The van der Waals surface area contributed by atoms with Crippen LogP contribution in [-0.4, -0.2) is 33.0 Å². The van der Waals surface area contributed by atoms with Crippen molar-refractivity contribution >= 4 is 29.0 Å². The molecule has 2 aliphatic carbocycles. The van der Waals surface area contributed by atoms with Crippen LogP contribution in [0, 0.1) is 17.8 Å². The molecule has 4 unspecified atom stereocenters. The molecule has 2 aliphatic rings. The third-order valence-electron chi connectivity index (χ3n) is 6.41. The molecule has 2 fully saturated rings. The molecular weight excluding hydrogens is 388 g/mol. The molecule has 5 nitrogen and oxygen atoms in total. The van der Waals surface area contributed by atoms with Crippen molar-refractivity contribution in [1.29, 1.82) is 0 Å². The molecule has 4 atom stereocenters. The lowest BCUT2D eigenvalue weighted by Gasteiger charge is -2.30. The lowest BCUT2D eigenvalue weighted by Crippen LogP contribution is -2.26. The average Bonchev–Trinajstić information content (AvgIpc) is 3.49. The molecule has 2 heterocycles. The van der Waals surface area contributed by atoms with Gasteiger partial charge in [0.05, 0.1) is 10.6 Å². The first-order chi connectivity index (χ1) is 13.7. The Kier molecular flexibility index (Phi) is 6.41. The Balaban J connectivity index is 1.52. The second kappa shape index (κ2) is 8.99. The highest BCUT2D eigenvalue weighted by Crippen LogP contribution is 2.53. The van der Waals surface area contributed by atoms with E-state index in [2.05, 4.69) is 51.4 Å². The number of aromatic nitrogens is 3. The molecule has 2 bridgehead atoms. The maximum Gasteiger partial charge on any atom is 0.230 e. The summed E-state index contributed by atoms with van der Waals surface area (Å²) in [6.45, 7) is 5.22. The number of fused-ring (bicyclic) bond motifs is 2. The summed E-state index contributed by atoms with van der Waals surface area (Å²) in [5.41, 5.74) is 0. The maximum absolute atomic E-state index is 12.2. The highest BCUT2D eigenvalue weighted by molar-refractivity contribution is 7.99. The first-order valence-electron chi connectivity index (χ1n) is 10.6. The van der Waals surface area contributed by atoms with Gasteiger partial charge in [0.2, 0.25) is 5.91 Å². The highest BCUT2D eigenvalue weighted by atomic mass is 32.2. The molecule has 4 rings (SSSR count). The van der Waals surface area contributed by atoms with Gasteiger partial charge in [0, 0.05) is 12.6 Å². The van der Waals surface area contributed by atoms with Gasteiger partial charge in [-0.2, -0.15) is 0 Å². The van der Waals surface area contributed by atoms with E-state index in [9.17, 15) is 4.79 Å². The standard InChI is InChI=1S/C21H30N4OS2/c1-3-4-9-22-19(26)13-28-21-24-23-20(18-6-5-10-27-18)25(21)14(2)17-12-15-7-8-16(17)11-15/h5-6,10,14-17H,3-4,7-9,11-13H2,1-2H3,(H,22,26). The summed E-state index contributed by atoms with van der Waals surface area (Å²) in [5.74, 6) is 3.90. The fourth-order valence-electron chi connectivity index (χ4n) is 4.98. The number of nitrogens with one attached hydrogen (secondary N) is 1. The summed E-state index contributed by atoms with van der Waals surface area (Å²) < 4.78 is 2.32. The van der Waals surface area contributed by atoms with Crippen LogP contribution in [0.15, 0.2) is 22.7 Å². The van der Waals surface area contributed by atoms with E-state index >= 15 is 0 Å². The SMILES string of the molecule is CCCCNC(=O)CSc1nnc(-c2cccs2)n1C(C)C1CC2CCC1C2. The molecule has 28 heavy (non-hydrogen) atoms. The van der Waals surface area contributed by atoms with Crippen LogP contribution in [0.3, 0.4) is 0 Å². The normalized spacial score (nSPS) is 24.6. The number of amides is 1. The highest BCUT2D eigenvalue weighted by Gasteiger charge is 2.43. The number of unbranched alkanes of at least 4 members (excludes halogenated alkanes) is 1. The van der Waals surface area contributed by atoms with Gasteiger partial charge in [-0.15, -0.1) is 21.5 Å². The summed E-state index contributed by atoms with van der Waals surface area (Å²) in [6.07, 6.45) is 7.62. The van der Waals surface area contributed by atoms with Gasteiger partial charge in [0.1, 0.15) is 0 Å². The molecule has 0 spiro atoms. The number of carbonyl (C=O) groups excluding carboxylic acids is 1. The van der Waals surface area contributed by atoms with Crippen molar-refractivity contribution in [3.05, 3.63) is 17.5 Å². The lowest BCUT2D eigenvalue weighted by molar-refractivity contribution is -0.118. The number of carbonyl (C=O) groups is 1. The van der Waals surface area contributed by atoms with Gasteiger partial charge in [-0.1, -0.05) is 37.6 Å². The predicted molar refractivity (Wildman–Crippen MR) is 116 cm³/mol. The van der Waals surface area contributed by atoms with Gasteiger partial charge in [-0.25, -0.2) is 0 Å². The Morgan fingerprint density at radius 2 is 2.29 bits per heavy atom. The molecule has 0 radical (unpaired) electrons. The van der Waals surface area contributed by atoms with Crippen molar-refractivity contribution in [3.63, 3.8) is 0 Å². The fraction of sp³-hybridized carbons (Fsp3) is 0.667. The Hall–Kier alpha value is -1.34. The van der Waals surface area contributed by atoms with Gasteiger partial charge in [-0.05, 0) is 61.8 Å². The summed E-state index contributed by atoms with van der Waals surface area (Å²) in [6, 6.07) is 4.55. The number of thiophene rings is 1. The van der Waals surface area contributed by atoms with Crippen molar-refractivity contribution in [3.8, 4) is 10.7 Å². The average molecular weight is 419 g/mol. The van der Waals surface area contributed by atoms with Gasteiger partial charge in [0.25, 0.3) is 0 Å². The Morgan fingerprint density at radius 1 is 1.39 bits per heavy atom. The number of rotatable bonds is 9. The van der Waals surface area contributed by atoms with E-state index in [1.54, 1.807) is 11.3 Å². The molecule has 0 aromatic carbocycles. The van der Waals surface area contributed by atoms with Gasteiger partial charge in [-0.3, -0.25) is 9.36 Å². The number of nitrogens with zero attached hydrogens (tertiary/aromatic N) is 3. The van der Waals surface area contributed by atoms with E-state index in [-0.39, 0.29) is 5.91 Å². The molecule has 0 aliphatic heterocycles. The van der Waals surface area contributed by atoms with Crippen molar-refractivity contribution < 1.29 is 4.79 Å². The Labute approximate surface area is 175 Å². The van der Waals surface area contributed by atoms with Gasteiger partial charge in [0.15, 0.2) is 11.0 Å². The first-order valence-corrected chi connectivity index (χ1v) is 12.4. The Morgan fingerprint density at radius 3 is 2.96 bits per heavy atom. The summed E-state index contributed by atoms with van der Waals surface area (Å²) >= 11 is 3.23. The number of hydrogen-bond donors (Lipinski definition) is 1. The molecular formula is C21H30N4OS2. The summed E-state index contributed by atoms with van der Waals surface area (Å²) in [7, 11) is 0. The summed E-state index contributed by atoms with van der Waals surface area (Å²) in [5, 5.41) is 15.0. The third kappa shape index (κ3) is 4.15. The van der Waals surface area contributed by atoms with E-state index in [1.165, 1.54) is 37.4 Å². The van der Waals surface area contributed by atoms with E-state index < -0.39 is 0 Å². The quantitative estimate of drug-likeness (QED) is 0.459. The molecule has 2 aromatic heterocycles. The maximum atomic E-state index is 12.2. The molecule has 7 heteroatoms. The van der Waals surface area contributed by atoms with Gasteiger partial charge < -0.3 is 5.32 Å². The van der Waals surface area contributed by atoms with Crippen LogP contribution >= 0.6 is 23.1 Å². The third-order valence-corrected chi connectivity index (χ3v) is 8.22. The fourth-order valence-corrected chi connectivity index (χ4v) is 6.54. The van der Waals surface area contributed by atoms with Crippen LogP contribution in [0.5, 0.6) is 0 Å². The number of hydrogen-bond acceptors (Lipinski definition) is 5. The van der Waals surface area contributed by atoms with Crippen molar-refractivity contribution in [2.75, 3.05) is 12.3 Å². The zero-order chi connectivity index (χ0) is 19.5. The monoisotopic (exact) mass is 418 g/mol. The van der Waals surface area contributed by atoms with E-state index in [0.29, 0.717) is 17.7 Å². The minimum absolute atomic E-state index is 0.0817. The first kappa shape index (κ1) is 20.0. The minimum Gasteiger partial charge on any atom is -0.355 e. The number of thioether (sulfide) groups is 1. The lowest BCUT2D eigenvalue weighted by atomic mass is 9.84.